The van der Waals surface area contributed by atoms with E-state index in [-0.39, 0.29) is 11.8 Å². The van der Waals surface area contributed by atoms with Gasteiger partial charge in [-0.1, -0.05) is 38.4 Å². The number of carbonyl (C=O) groups is 2. The predicted octanol–water partition coefficient (Wildman–Crippen LogP) is 3.14. The summed E-state index contributed by atoms with van der Waals surface area (Å²) in [5.74, 6) is -0.434. The minimum absolute atomic E-state index is 0.164. The molecule has 0 saturated heterocycles. The number of halogens is 1. The third-order valence-corrected chi connectivity index (χ3v) is 3.36. The normalized spacial score (nSPS) is 12.7. The van der Waals surface area contributed by atoms with Crippen LogP contribution in [0.5, 0.6) is 0 Å². The van der Waals surface area contributed by atoms with Gasteiger partial charge in [0.1, 0.15) is 6.04 Å². The fraction of sp³-hybridized carbons (Fsp3) is 0.467. The highest BCUT2D eigenvalue weighted by molar-refractivity contribution is 6.31. The molecule has 0 saturated carbocycles. The SMILES string of the molecule is Cc1c(Cl)cccc1NC(=O)[C@@H](C)NC(=O)C(C)(C)C. The molecule has 0 fully saturated rings. The van der Waals surface area contributed by atoms with Crippen molar-refractivity contribution in [2.24, 2.45) is 5.41 Å². The van der Waals surface area contributed by atoms with Crippen molar-refractivity contribution in [2.75, 3.05) is 5.32 Å². The zero-order valence-corrected chi connectivity index (χ0v) is 13.3. The number of benzene rings is 1. The zero-order chi connectivity index (χ0) is 15.5. The molecule has 20 heavy (non-hydrogen) atoms. The number of nitrogens with one attached hydrogen (secondary N) is 2. The minimum Gasteiger partial charge on any atom is -0.344 e. The van der Waals surface area contributed by atoms with Crippen LogP contribution < -0.4 is 10.6 Å². The Kier molecular flexibility index (Phi) is 5.17. The maximum atomic E-state index is 12.1. The second-order valence-corrected chi connectivity index (χ2v) is 6.25. The molecule has 0 aliphatic heterocycles. The quantitative estimate of drug-likeness (QED) is 0.900. The summed E-state index contributed by atoms with van der Waals surface area (Å²) in [5, 5.41) is 6.05. The Balaban J connectivity index is 2.72. The Morgan fingerprint density at radius 1 is 1.25 bits per heavy atom. The van der Waals surface area contributed by atoms with Crippen LogP contribution in [0.2, 0.25) is 5.02 Å². The lowest BCUT2D eigenvalue weighted by Crippen LogP contribution is -2.46. The van der Waals surface area contributed by atoms with Crippen LogP contribution in [0.3, 0.4) is 0 Å². The van der Waals surface area contributed by atoms with Crippen LogP contribution in [0.4, 0.5) is 5.69 Å². The molecule has 2 amide bonds. The molecule has 0 aliphatic rings. The molecule has 0 heterocycles. The molecule has 0 aromatic heterocycles. The Morgan fingerprint density at radius 3 is 2.40 bits per heavy atom. The summed E-state index contributed by atoms with van der Waals surface area (Å²) in [6, 6.07) is 4.69. The molecule has 1 rings (SSSR count). The van der Waals surface area contributed by atoms with Crippen molar-refractivity contribution in [3.8, 4) is 0 Å². The molecule has 1 aromatic carbocycles. The molecule has 2 N–H and O–H groups in total. The summed E-state index contributed by atoms with van der Waals surface area (Å²) in [6.07, 6.45) is 0. The first-order valence-electron chi connectivity index (χ1n) is 6.50. The molecule has 0 spiro atoms. The number of rotatable bonds is 3. The summed E-state index contributed by atoms with van der Waals surface area (Å²) in [6.45, 7) is 8.88. The van der Waals surface area contributed by atoms with Crippen molar-refractivity contribution < 1.29 is 9.59 Å². The molecule has 0 aliphatic carbocycles. The van der Waals surface area contributed by atoms with E-state index >= 15 is 0 Å². The lowest BCUT2D eigenvalue weighted by Gasteiger charge is -2.21. The lowest BCUT2D eigenvalue weighted by molar-refractivity contribution is -0.131. The van der Waals surface area contributed by atoms with Gasteiger partial charge in [0.2, 0.25) is 11.8 Å². The first-order chi connectivity index (χ1) is 9.12. The molecule has 5 heteroatoms. The van der Waals surface area contributed by atoms with Crippen molar-refractivity contribution in [1.82, 2.24) is 5.32 Å². The van der Waals surface area contributed by atoms with Gasteiger partial charge in [0, 0.05) is 16.1 Å². The van der Waals surface area contributed by atoms with E-state index in [1.54, 1.807) is 45.9 Å². The van der Waals surface area contributed by atoms with Gasteiger partial charge in [0.25, 0.3) is 0 Å². The zero-order valence-electron chi connectivity index (χ0n) is 12.5. The van der Waals surface area contributed by atoms with Crippen LogP contribution in [-0.2, 0) is 9.59 Å². The average molecular weight is 297 g/mol. The Labute approximate surface area is 124 Å². The Morgan fingerprint density at radius 2 is 1.85 bits per heavy atom. The summed E-state index contributed by atoms with van der Waals surface area (Å²) >= 11 is 6.00. The molecule has 0 bridgehead atoms. The highest BCUT2D eigenvalue weighted by atomic mass is 35.5. The van der Waals surface area contributed by atoms with E-state index in [1.165, 1.54) is 0 Å². The minimum atomic E-state index is -0.611. The van der Waals surface area contributed by atoms with Crippen molar-refractivity contribution in [3.63, 3.8) is 0 Å². The van der Waals surface area contributed by atoms with Gasteiger partial charge < -0.3 is 10.6 Å². The third kappa shape index (κ3) is 4.23. The topological polar surface area (TPSA) is 58.2 Å². The maximum absolute atomic E-state index is 12.1. The second kappa shape index (κ2) is 6.27. The molecule has 4 nitrogen and oxygen atoms in total. The van der Waals surface area contributed by atoms with Crippen LogP contribution in [0.1, 0.15) is 33.3 Å². The lowest BCUT2D eigenvalue weighted by atomic mass is 9.95. The van der Waals surface area contributed by atoms with Crippen LogP contribution in [0, 0.1) is 12.3 Å². The van der Waals surface area contributed by atoms with Crippen LogP contribution in [-0.4, -0.2) is 17.9 Å². The smallest absolute Gasteiger partial charge is 0.246 e. The Bertz CT molecular complexity index is 521. The van der Waals surface area contributed by atoms with Gasteiger partial charge in [-0.3, -0.25) is 9.59 Å². The van der Waals surface area contributed by atoms with E-state index in [0.717, 1.165) is 5.56 Å². The van der Waals surface area contributed by atoms with Gasteiger partial charge in [0.15, 0.2) is 0 Å². The number of carbonyl (C=O) groups excluding carboxylic acids is 2. The molecule has 0 radical (unpaired) electrons. The standard InChI is InChI=1S/C15H21ClN2O2/c1-9-11(16)7-6-8-12(9)18-13(19)10(2)17-14(20)15(3,4)5/h6-8,10H,1-5H3,(H,17,20)(H,18,19)/t10-/m1/s1. The highest BCUT2D eigenvalue weighted by Gasteiger charge is 2.25. The van der Waals surface area contributed by atoms with E-state index in [0.29, 0.717) is 10.7 Å². The second-order valence-electron chi connectivity index (χ2n) is 5.85. The number of hydrogen-bond donors (Lipinski definition) is 2. The van der Waals surface area contributed by atoms with E-state index in [9.17, 15) is 9.59 Å². The van der Waals surface area contributed by atoms with E-state index in [2.05, 4.69) is 10.6 Å². The van der Waals surface area contributed by atoms with Gasteiger partial charge >= 0.3 is 0 Å². The van der Waals surface area contributed by atoms with Crippen LogP contribution in [0.25, 0.3) is 0 Å². The summed E-state index contributed by atoms with van der Waals surface area (Å²) in [4.78, 5) is 23.9. The van der Waals surface area contributed by atoms with Crippen molar-refractivity contribution in [3.05, 3.63) is 28.8 Å². The summed E-state index contributed by atoms with van der Waals surface area (Å²) in [7, 11) is 0. The summed E-state index contributed by atoms with van der Waals surface area (Å²) in [5.41, 5.74) is 0.928. The van der Waals surface area contributed by atoms with Crippen molar-refractivity contribution >= 4 is 29.1 Å². The highest BCUT2D eigenvalue weighted by Crippen LogP contribution is 2.23. The largest absolute Gasteiger partial charge is 0.344 e. The molecule has 0 unspecified atom stereocenters. The van der Waals surface area contributed by atoms with Crippen LogP contribution >= 0.6 is 11.6 Å². The van der Waals surface area contributed by atoms with Crippen molar-refractivity contribution in [1.29, 1.82) is 0 Å². The fourth-order valence-corrected chi connectivity index (χ4v) is 1.64. The molecule has 1 aromatic rings. The van der Waals surface area contributed by atoms with Gasteiger partial charge in [-0.2, -0.15) is 0 Å². The fourth-order valence-electron chi connectivity index (χ4n) is 1.46. The van der Waals surface area contributed by atoms with Crippen molar-refractivity contribution in [2.45, 2.75) is 40.7 Å². The average Bonchev–Trinajstić information content (AvgIpc) is 2.33. The van der Waals surface area contributed by atoms with Gasteiger partial charge in [-0.05, 0) is 31.5 Å². The van der Waals surface area contributed by atoms with Gasteiger partial charge in [0.05, 0.1) is 0 Å². The molecular weight excluding hydrogens is 276 g/mol. The van der Waals surface area contributed by atoms with Crippen LogP contribution in [0.15, 0.2) is 18.2 Å². The van der Waals surface area contributed by atoms with Gasteiger partial charge in [-0.25, -0.2) is 0 Å². The monoisotopic (exact) mass is 296 g/mol. The van der Waals surface area contributed by atoms with E-state index in [4.69, 9.17) is 11.6 Å². The maximum Gasteiger partial charge on any atom is 0.246 e. The summed E-state index contributed by atoms with van der Waals surface area (Å²) < 4.78 is 0. The van der Waals surface area contributed by atoms with E-state index in [1.807, 2.05) is 6.92 Å². The van der Waals surface area contributed by atoms with E-state index < -0.39 is 11.5 Å². The third-order valence-electron chi connectivity index (χ3n) is 2.95. The first-order valence-corrected chi connectivity index (χ1v) is 6.87. The molecular formula is C15H21ClN2O2. The predicted molar refractivity (Wildman–Crippen MR) is 81.9 cm³/mol. The molecule has 110 valence electrons. The molecule has 1 atom stereocenters. The number of anilines is 1. The number of hydrogen-bond acceptors (Lipinski definition) is 2. The Hall–Kier alpha value is -1.55. The number of amides is 2. The first kappa shape index (κ1) is 16.5. The van der Waals surface area contributed by atoms with Gasteiger partial charge in [-0.15, -0.1) is 0 Å².